The van der Waals surface area contributed by atoms with E-state index >= 15 is 0 Å². The van der Waals surface area contributed by atoms with E-state index in [9.17, 15) is 4.79 Å². The number of piperazine rings is 2. The van der Waals surface area contributed by atoms with Crippen molar-refractivity contribution < 1.29 is 14.6 Å². The lowest BCUT2D eigenvalue weighted by molar-refractivity contribution is -0.135. The van der Waals surface area contributed by atoms with Crippen molar-refractivity contribution in [3.8, 4) is 0 Å². The number of amides is 1. The summed E-state index contributed by atoms with van der Waals surface area (Å²) in [6.07, 6.45) is 0. The van der Waals surface area contributed by atoms with Crippen molar-refractivity contribution >= 4 is 17.5 Å². The third-order valence-corrected chi connectivity index (χ3v) is 4.97. The maximum absolute atomic E-state index is 11.9. The lowest BCUT2D eigenvalue weighted by atomic mass is 10.3. The van der Waals surface area contributed by atoms with Crippen LogP contribution in [0.25, 0.3) is 0 Å². The molecule has 2 aliphatic rings. The van der Waals surface area contributed by atoms with E-state index in [-0.39, 0.29) is 19.1 Å². The van der Waals surface area contributed by atoms with Crippen LogP contribution in [-0.2, 0) is 9.53 Å². The van der Waals surface area contributed by atoms with Gasteiger partial charge in [-0.05, 0) is 12.1 Å². The van der Waals surface area contributed by atoms with E-state index in [0.29, 0.717) is 13.1 Å². The molecule has 0 aliphatic carbocycles. The van der Waals surface area contributed by atoms with E-state index in [2.05, 4.69) is 24.9 Å². The molecule has 0 radical (unpaired) electrons. The minimum Gasteiger partial charge on any atom is -0.395 e. The molecule has 144 valence electrons. The third-order valence-electron chi connectivity index (χ3n) is 4.97. The zero-order valence-corrected chi connectivity index (χ0v) is 15.4. The molecule has 3 rings (SSSR count). The Labute approximate surface area is 154 Å². The highest BCUT2D eigenvalue weighted by atomic mass is 16.5. The summed E-state index contributed by atoms with van der Waals surface area (Å²) in [5.41, 5.74) is 0. The predicted octanol–water partition coefficient (Wildman–Crippen LogP) is -1.11. The molecule has 9 nitrogen and oxygen atoms in total. The van der Waals surface area contributed by atoms with E-state index in [4.69, 9.17) is 9.84 Å². The van der Waals surface area contributed by atoms with E-state index in [1.54, 1.807) is 0 Å². The molecule has 1 N–H and O–H groups in total. The van der Waals surface area contributed by atoms with Gasteiger partial charge in [0, 0.05) is 66.0 Å². The molecule has 0 atom stereocenters. The SMILES string of the molecule is COCC(=O)N1CCN(c2ccc(N3CCN(CCO)CC3)nn2)CC1. The topological polar surface area (TPSA) is 85.3 Å². The first kappa shape index (κ1) is 18.8. The Morgan fingerprint density at radius 1 is 1.00 bits per heavy atom. The van der Waals surface area contributed by atoms with Crippen LogP contribution < -0.4 is 9.80 Å². The quantitative estimate of drug-likeness (QED) is 0.680. The molecule has 0 bridgehead atoms. The minimum atomic E-state index is 0.0360. The molecule has 1 aromatic heterocycles. The van der Waals surface area contributed by atoms with Gasteiger partial charge in [0.25, 0.3) is 0 Å². The van der Waals surface area contributed by atoms with Crippen LogP contribution in [0.5, 0.6) is 0 Å². The maximum Gasteiger partial charge on any atom is 0.248 e. The molecule has 0 spiro atoms. The number of aromatic nitrogens is 2. The highest BCUT2D eigenvalue weighted by molar-refractivity contribution is 5.77. The summed E-state index contributed by atoms with van der Waals surface area (Å²) in [5, 5.41) is 17.8. The average Bonchev–Trinajstić information content (AvgIpc) is 2.69. The van der Waals surface area contributed by atoms with Gasteiger partial charge in [0.05, 0.1) is 6.61 Å². The first-order valence-electron chi connectivity index (χ1n) is 9.15. The van der Waals surface area contributed by atoms with Gasteiger partial charge in [-0.25, -0.2) is 0 Å². The Balaban J connectivity index is 1.50. The predicted molar refractivity (Wildman–Crippen MR) is 98.4 cm³/mol. The summed E-state index contributed by atoms with van der Waals surface area (Å²) in [6.45, 7) is 7.60. The number of nitrogens with zero attached hydrogens (tertiary/aromatic N) is 6. The van der Waals surface area contributed by atoms with Crippen molar-refractivity contribution in [1.82, 2.24) is 20.0 Å². The van der Waals surface area contributed by atoms with Crippen LogP contribution in [0.4, 0.5) is 11.6 Å². The molecule has 9 heteroatoms. The van der Waals surface area contributed by atoms with Gasteiger partial charge in [-0.2, -0.15) is 0 Å². The van der Waals surface area contributed by atoms with Crippen LogP contribution in [0.3, 0.4) is 0 Å². The summed E-state index contributed by atoms with van der Waals surface area (Å²) in [5.74, 6) is 1.78. The number of rotatable bonds is 6. The monoisotopic (exact) mass is 364 g/mol. The zero-order valence-electron chi connectivity index (χ0n) is 15.4. The van der Waals surface area contributed by atoms with Crippen molar-refractivity contribution in [3.63, 3.8) is 0 Å². The fourth-order valence-electron chi connectivity index (χ4n) is 3.40. The number of ether oxygens (including phenoxy) is 1. The fraction of sp³-hybridized carbons (Fsp3) is 0.706. The van der Waals surface area contributed by atoms with E-state index in [1.165, 1.54) is 7.11 Å². The molecule has 26 heavy (non-hydrogen) atoms. The number of hydrogen-bond acceptors (Lipinski definition) is 8. The van der Waals surface area contributed by atoms with Gasteiger partial charge in [0.2, 0.25) is 5.91 Å². The average molecular weight is 364 g/mol. The summed E-state index contributed by atoms with van der Waals surface area (Å²) in [4.78, 5) is 20.3. The van der Waals surface area contributed by atoms with Gasteiger partial charge in [-0.3, -0.25) is 9.69 Å². The second-order valence-corrected chi connectivity index (χ2v) is 6.60. The normalized spacial score (nSPS) is 19.1. The molecule has 1 amide bonds. The number of hydrogen-bond donors (Lipinski definition) is 1. The van der Waals surface area contributed by atoms with Crippen molar-refractivity contribution in [2.24, 2.45) is 0 Å². The molecule has 3 heterocycles. The summed E-state index contributed by atoms with van der Waals surface area (Å²) >= 11 is 0. The molecule has 2 aliphatic heterocycles. The summed E-state index contributed by atoms with van der Waals surface area (Å²) < 4.78 is 4.91. The number of carbonyl (C=O) groups is 1. The van der Waals surface area contributed by atoms with E-state index in [1.807, 2.05) is 17.0 Å². The van der Waals surface area contributed by atoms with Crippen LogP contribution >= 0.6 is 0 Å². The van der Waals surface area contributed by atoms with Crippen molar-refractivity contribution in [1.29, 1.82) is 0 Å². The van der Waals surface area contributed by atoms with Gasteiger partial charge < -0.3 is 24.5 Å². The molecule has 2 fully saturated rings. The second kappa shape index (κ2) is 9.11. The van der Waals surface area contributed by atoms with Gasteiger partial charge in [-0.15, -0.1) is 10.2 Å². The van der Waals surface area contributed by atoms with Crippen molar-refractivity contribution in [2.45, 2.75) is 0 Å². The Kier molecular flexibility index (Phi) is 6.59. The largest absolute Gasteiger partial charge is 0.395 e. The summed E-state index contributed by atoms with van der Waals surface area (Å²) in [7, 11) is 1.54. The van der Waals surface area contributed by atoms with Crippen LogP contribution in [0.15, 0.2) is 12.1 Å². The van der Waals surface area contributed by atoms with Gasteiger partial charge in [0.1, 0.15) is 6.61 Å². The lowest BCUT2D eigenvalue weighted by Crippen LogP contribution is -2.50. The highest BCUT2D eigenvalue weighted by Gasteiger charge is 2.22. The number of aliphatic hydroxyl groups is 1. The van der Waals surface area contributed by atoms with Crippen LogP contribution in [-0.4, -0.2) is 110 Å². The van der Waals surface area contributed by atoms with Crippen LogP contribution in [0.2, 0.25) is 0 Å². The van der Waals surface area contributed by atoms with Gasteiger partial charge in [-0.1, -0.05) is 0 Å². The first-order valence-corrected chi connectivity index (χ1v) is 9.15. The smallest absolute Gasteiger partial charge is 0.248 e. The molecule has 0 aromatic carbocycles. The highest BCUT2D eigenvalue weighted by Crippen LogP contribution is 2.18. The molecule has 0 saturated carbocycles. The first-order chi connectivity index (χ1) is 12.7. The summed E-state index contributed by atoms with van der Waals surface area (Å²) in [6, 6.07) is 4.03. The molecule has 1 aromatic rings. The number of methoxy groups -OCH3 is 1. The van der Waals surface area contributed by atoms with Gasteiger partial charge >= 0.3 is 0 Å². The van der Waals surface area contributed by atoms with Crippen molar-refractivity contribution in [2.75, 3.05) is 89.0 Å². The standard InChI is InChI=1S/C17H28N6O3/c1-26-14-17(25)23-10-8-22(9-11-23)16-3-2-15(18-19-16)21-6-4-20(5-7-21)12-13-24/h2-3,24H,4-14H2,1H3. The Bertz CT molecular complexity index is 568. The van der Waals surface area contributed by atoms with Crippen LogP contribution in [0.1, 0.15) is 0 Å². The van der Waals surface area contributed by atoms with Crippen molar-refractivity contribution in [3.05, 3.63) is 12.1 Å². The minimum absolute atomic E-state index is 0.0360. The maximum atomic E-state index is 11.9. The number of anilines is 2. The third kappa shape index (κ3) is 4.60. The fourth-order valence-corrected chi connectivity index (χ4v) is 3.40. The molecular weight excluding hydrogens is 336 g/mol. The van der Waals surface area contributed by atoms with Gasteiger partial charge in [0.15, 0.2) is 11.6 Å². The Morgan fingerprint density at radius 2 is 1.54 bits per heavy atom. The molecule has 2 saturated heterocycles. The number of aliphatic hydroxyl groups excluding tert-OH is 1. The lowest BCUT2D eigenvalue weighted by Gasteiger charge is -2.36. The second-order valence-electron chi connectivity index (χ2n) is 6.60. The Hall–Kier alpha value is -1.97. The number of β-amino-alcohol motifs (C(OH)–C–C–N with tert-alkyl or cyclic N) is 1. The van der Waals surface area contributed by atoms with E-state index < -0.39 is 0 Å². The number of carbonyl (C=O) groups excluding carboxylic acids is 1. The zero-order chi connectivity index (χ0) is 18.4. The molecular formula is C17H28N6O3. The Morgan fingerprint density at radius 3 is 2.00 bits per heavy atom. The van der Waals surface area contributed by atoms with E-state index in [0.717, 1.165) is 57.4 Å². The molecule has 0 unspecified atom stereocenters. The van der Waals surface area contributed by atoms with Crippen LogP contribution in [0, 0.1) is 0 Å².